The van der Waals surface area contributed by atoms with Crippen molar-refractivity contribution in [1.82, 2.24) is 4.90 Å². The summed E-state index contributed by atoms with van der Waals surface area (Å²) >= 11 is 0. The fourth-order valence-electron chi connectivity index (χ4n) is 2.84. The van der Waals surface area contributed by atoms with Crippen molar-refractivity contribution in [3.63, 3.8) is 0 Å². The number of ether oxygens (including phenoxy) is 2. The van der Waals surface area contributed by atoms with Crippen molar-refractivity contribution in [2.24, 2.45) is 0 Å². The molecule has 4 nitrogen and oxygen atoms in total. The van der Waals surface area contributed by atoms with Crippen molar-refractivity contribution in [1.29, 1.82) is 5.26 Å². The molecular weight excluding hydrogens is 228 g/mol. The topological polar surface area (TPSA) is 45.5 Å². The van der Waals surface area contributed by atoms with E-state index in [-0.39, 0.29) is 0 Å². The van der Waals surface area contributed by atoms with Gasteiger partial charge in [-0.05, 0) is 6.07 Å². The number of nitrogens with zero attached hydrogens (tertiary/aromatic N) is 2. The van der Waals surface area contributed by atoms with E-state index in [2.05, 4.69) is 11.0 Å². The van der Waals surface area contributed by atoms with Gasteiger partial charge in [0.25, 0.3) is 0 Å². The number of para-hydroxylation sites is 1. The minimum atomic E-state index is -0.543. The molecule has 2 heterocycles. The van der Waals surface area contributed by atoms with Gasteiger partial charge >= 0.3 is 0 Å². The van der Waals surface area contributed by atoms with Gasteiger partial charge < -0.3 is 9.47 Å². The number of nitriles is 1. The summed E-state index contributed by atoms with van der Waals surface area (Å²) in [7, 11) is 0. The highest BCUT2D eigenvalue weighted by atomic mass is 16.5. The largest absolute Gasteiger partial charge is 0.493 e. The van der Waals surface area contributed by atoms with Gasteiger partial charge in [-0.15, -0.1) is 0 Å². The summed E-state index contributed by atoms with van der Waals surface area (Å²) < 4.78 is 11.0. The Morgan fingerprint density at radius 3 is 2.72 bits per heavy atom. The maximum absolute atomic E-state index is 9.75. The smallest absolute Gasteiger partial charge is 0.141 e. The second-order valence-corrected chi connectivity index (χ2v) is 4.67. The van der Waals surface area contributed by atoms with Gasteiger partial charge in [-0.25, -0.2) is 0 Å². The minimum absolute atomic E-state index is 0.543. The van der Waals surface area contributed by atoms with E-state index in [9.17, 15) is 5.26 Å². The van der Waals surface area contributed by atoms with E-state index < -0.39 is 5.54 Å². The number of benzene rings is 1. The second kappa shape index (κ2) is 4.60. The van der Waals surface area contributed by atoms with E-state index in [1.54, 1.807) is 0 Å². The number of hydrogen-bond acceptors (Lipinski definition) is 4. The zero-order valence-corrected chi connectivity index (χ0v) is 10.3. The molecule has 3 rings (SSSR count). The lowest BCUT2D eigenvalue weighted by molar-refractivity contribution is -0.0174. The van der Waals surface area contributed by atoms with Crippen molar-refractivity contribution in [3.8, 4) is 11.8 Å². The average Bonchev–Trinajstić information content (AvgIpc) is 2.47. The molecule has 1 unspecified atom stereocenters. The lowest BCUT2D eigenvalue weighted by Crippen LogP contribution is -2.52. The van der Waals surface area contributed by atoms with Crippen LogP contribution in [0.2, 0.25) is 0 Å². The Kier molecular flexibility index (Phi) is 2.94. The van der Waals surface area contributed by atoms with Crippen LogP contribution in [0.3, 0.4) is 0 Å². The minimum Gasteiger partial charge on any atom is -0.493 e. The fraction of sp³-hybridized carbons (Fsp3) is 0.500. The molecule has 0 radical (unpaired) electrons. The number of morpholine rings is 1. The molecule has 2 aliphatic heterocycles. The normalized spacial score (nSPS) is 27.9. The Morgan fingerprint density at radius 2 is 1.94 bits per heavy atom. The number of hydrogen-bond donors (Lipinski definition) is 0. The molecule has 0 N–H and O–H groups in total. The molecule has 1 atom stereocenters. The van der Waals surface area contributed by atoms with Gasteiger partial charge in [0.2, 0.25) is 0 Å². The van der Waals surface area contributed by atoms with E-state index in [0.717, 1.165) is 30.8 Å². The van der Waals surface area contributed by atoms with Crippen LogP contribution < -0.4 is 4.74 Å². The summed E-state index contributed by atoms with van der Waals surface area (Å²) in [6.45, 7) is 3.62. The number of rotatable bonds is 1. The first-order valence-corrected chi connectivity index (χ1v) is 6.33. The Balaban J connectivity index is 2.04. The molecule has 1 aromatic carbocycles. The van der Waals surface area contributed by atoms with Crippen LogP contribution in [0.15, 0.2) is 24.3 Å². The molecule has 94 valence electrons. The third-order valence-electron chi connectivity index (χ3n) is 3.79. The molecule has 0 bridgehead atoms. The van der Waals surface area contributed by atoms with Crippen molar-refractivity contribution in [3.05, 3.63) is 29.8 Å². The monoisotopic (exact) mass is 244 g/mol. The van der Waals surface area contributed by atoms with Crippen molar-refractivity contribution < 1.29 is 9.47 Å². The molecule has 0 aliphatic carbocycles. The van der Waals surface area contributed by atoms with Gasteiger partial charge in [-0.3, -0.25) is 4.90 Å². The van der Waals surface area contributed by atoms with Crippen LogP contribution in [0.25, 0.3) is 0 Å². The van der Waals surface area contributed by atoms with Gasteiger partial charge in [-0.2, -0.15) is 5.26 Å². The van der Waals surface area contributed by atoms with Crippen LogP contribution in [0.4, 0.5) is 0 Å². The molecule has 0 amide bonds. The highest BCUT2D eigenvalue weighted by molar-refractivity contribution is 5.45. The summed E-state index contributed by atoms with van der Waals surface area (Å²) in [4.78, 5) is 2.23. The summed E-state index contributed by atoms with van der Waals surface area (Å²) in [6, 6.07) is 10.4. The molecule has 2 aliphatic rings. The van der Waals surface area contributed by atoms with Crippen molar-refractivity contribution >= 4 is 0 Å². The molecule has 0 aromatic heterocycles. The van der Waals surface area contributed by atoms with Gasteiger partial charge in [0.1, 0.15) is 11.3 Å². The molecule has 1 aromatic rings. The molecular formula is C14H16N2O2. The van der Waals surface area contributed by atoms with Crippen molar-refractivity contribution in [2.75, 3.05) is 32.9 Å². The number of fused-ring (bicyclic) bond motifs is 1. The predicted molar refractivity (Wildman–Crippen MR) is 66.2 cm³/mol. The lowest BCUT2D eigenvalue weighted by atomic mass is 9.84. The summed E-state index contributed by atoms with van der Waals surface area (Å²) in [6.07, 6.45) is 0.723. The van der Waals surface area contributed by atoms with Gasteiger partial charge in [0, 0.05) is 25.1 Å². The SMILES string of the molecule is N#CC1(N2CCOCC2)CCOc2ccccc21. The summed E-state index contributed by atoms with van der Waals surface area (Å²) in [5.74, 6) is 0.844. The van der Waals surface area contributed by atoms with E-state index in [1.165, 1.54) is 0 Å². The maximum Gasteiger partial charge on any atom is 0.141 e. The third-order valence-corrected chi connectivity index (χ3v) is 3.79. The van der Waals surface area contributed by atoms with Crippen LogP contribution in [-0.4, -0.2) is 37.8 Å². The molecule has 1 saturated heterocycles. The van der Waals surface area contributed by atoms with E-state index in [4.69, 9.17) is 9.47 Å². The van der Waals surface area contributed by atoms with E-state index >= 15 is 0 Å². The van der Waals surface area contributed by atoms with Gasteiger partial charge in [-0.1, -0.05) is 18.2 Å². The highest BCUT2D eigenvalue weighted by Crippen LogP contribution is 2.41. The molecule has 4 heteroatoms. The highest BCUT2D eigenvalue weighted by Gasteiger charge is 2.43. The van der Waals surface area contributed by atoms with Crippen LogP contribution in [0.1, 0.15) is 12.0 Å². The molecule has 0 saturated carbocycles. The quantitative estimate of drug-likeness (QED) is 0.751. The molecule has 0 spiro atoms. The molecule has 18 heavy (non-hydrogen) atoms. The first kappa shape index (κ1) is 11.5. The molecule has 1 fully saturated rings. The van der Waals surface area contributed by atoms with Crippen LogP contribution in [0, 0.1) is 11.3 Å². The lowest BCUT2D eigenvalue weighted by Gasteiger charge is -2.43. The van der Waals surface area contributed by atoms with Gasteiger partial charge in [0.15, 0.2) is 0 Å². The Bertz CT molecular complexity index is 477. The second-order valence-electron chi connectivity index (χ2n) is 4.67. The van der Waals surface area contributed by atoms with Crippen LogP contribution in [0.5, 0.6) is 5.75 Å². The zero-order chi connectivity index (χ0) is 12.4. The summed E-state index contributed by atoms with van der Waals surface area (Å²) in [5, 5.41) is 9.75. The predicted octanol–water partition coefficient (Wildman–Crippen LogP) is 1.52. The first-order valence-electron chi connectivity index (χ1n) is 6.33. The first-order chi connectivity index (χ1) is 8.87. The zero-order valence-electron chi connectivity index (χ0n) is 10.3. The fourth-order valence-corrected chi connectivity index (χ4v) is 2.84. The Hall–Kier alpha value is -1.57. The van der Waals surface area contributed by atoms with Crippen molar-refractivity contribution in [2.45, 2.75) is 12.0 Å². The summed E-state index contributed by atoms with van der Waals surface area (Å²) in [5.41, 5.74) is 0.458. The van der Waals surface area contributed by atoms with Crippen LogP contribution in [-0.2, 0) is 10.3 Å². The standard InChI is InChI=1S/C14H16N2O2/c15-11-14(16-6-9-17-10-7-16)5-8-18-13-4-2-1-3-12(13)14/h1-4H,5-10H2. The van der Waals surface area contributed by atoms with E-state index in [1.807, 2.05) is 24.3 Å². The Morgan fingerprint density at radius 1 is 1.17 bits per heavy atom. The maximum atomic E-state index is 9.75. The third kappa shape index (κ3) is 1.67. The van der Waals surface area contributed by atoms with E-state index in [0.29, 0.717) is 19.8 Å². The average molecular weight is 244 g/mol. The van der Waals surface area contributed by atoms with Gasteiger partial charge in [0.05, 0.1) is 25.9 Å². The Labute approximate surface area is 107 Å². The van der Waals surface area contributed by atoms with Crippen LogP contribution >= 0.6 is 0 Å².